The van der Waals surface area contributed by atoms with E-state index in [1.165, 1.54) is 0 Å². The summed E-state index contributed by atoms with van der Waals surface area (Å²) in [6, 6.07) is 0. The molecule has 0 aliphatic carbocycles. The van der Waals surface area contributed by atoms with Crippen molar-refractivity contribution in [1.29, 1.82) is 0 Å². The van der Waals surface area contributed by atoms with Crippen LogP contribution in [0.3, 0.4) is 0 Å². The molecule has 0 aliphatic heterocycles. The third kappa shape index (κ3) is 28.3. The van der Waals surface area contributed by atoms with E-state index < -0.39 is 15.9 Å². The fourth-order valence-electron chi connectivity index (χ4n) is 0. The van der Waals surface area contributed by atoms with Gasteiger partial charge >= 0.3 is 15.9 Å². The third-order valence-electron chi connectivity index (χ3n) is 0. The predicted octanol–water partition coefficient (Wildman–Crippen LogP) is -2.59. The predicted molar refractivity (Wildman–Crippen MR) is 15.2 cm³/mol. The van der Waals surface area contributed by atoms with Gasteiger partial charge in [-0.1, -0.05) is 0 Å². The lowest BCUT2D eigenvalue weighted by atomic mass is 15.8. The van der Waals surface area contributed by atoms with Crippen molar-refractivity contribution in [3.8, 4) is 0 Å². The quantitative estimate of drug-likeness (QED) is 0.313. The van der Waals surface area contributed by atoms with Crippen LogP contribution in [0.4, 0.5) is 0 Å². The summed E-state index contributed by atoms with van der Waals surface area (Å²) >= 11 is -1.58. The largest absolute Gasteiger partial charge is 0.644 e. The molecule has 0 aliphatic rings. The van der Waals surface area contributed by atoms with Crippen molar-refractivity contribution in [2.45, 2.75) is 0 Å². The third-order valence-corrected chi connectivity index (χ3v) is 0. The summed E-state index contributed by atoms with van der Waals surface area (Å²) in [6.07, 6.45) is 0. The first-order chi connectivity index (χ1) is 1.41. The summed E-state index contributed by atoms with van der Waals surface area (Å²) in [7, 11) is 0. The minimum absolute atomic E-state index is 0. The summed E-state index contributed by atoms with van der Waals surface area (Å²) in [5, 5.41) is 0. The Bertz CT molecular complexity index is 3.25. The molecule has 0 spiro atoms. The molecule has 4 heavy (non-hydrogen) atoms. The molecule has 0 bridgehead atoms. The SMILES string of the molecule is O.[OH][AlH][OH]. The van der Waals surface area contributed by atoms with Crippen LogP contribution in [0.15, 0.2) is 0 Å². The van der Waals surface area contributed by atoms with E-state index in [-0.39, 0.29) is 5.48 Å². The minimum Gasteiger partial charge on any atom is -0.496 e. The summed E-state index contributed by atoms with van der Waals surface area (Å²) in [5.74, 6) is 0. The highest BCUT2D eigenvalue weighted by atomic mass is 27.2. The van der Waals surface area contributed by atoms with E-state index >= 15 is 0 Å². The van der Waals surface area contributed by atoms with Crippen LogP contribution in [0.1, 0.15) is 0 Å². The molecule has 0 aromatic heterocycles. The van der Waals surface area contributed by atoms with Gasteiger partial charge in [0.25, 0.3) is 0 Å². The monoisotopic (exact) mass is 80.0 g/mol. The van der Waals surface area contributed by atoms with Crippen molar-refractivity contribution in [3.05, 3.63) is 0 Å². The first kappa shape index (κ1) is 8.83. The molecule has 0 unspecified atom stereocenters. The maximum atomic E-state index is 7.26. The fourth-order valence-corrected chi connectivity index (χ4v) is 0. The normalized spacial score (nSPS) is 3.50. The Morgan fingerprint density at radius 1 is 1.25 bits per heavy atom. The van der Waals surface area contributed by atoms with Gasteiger partial charge in [0.2, 0.25) is 0 Å². The summed E-state index contributed by atoms with van der Waals surface area (Å²) < 4.78 is 14.5. The molecule has 0 aromatic carbocycles. The Labute approximate surface area is 30.6 Å². The highest BCUT2D eigenvalue weighted by molar-refractivity contribution is 6.13. The van der Waals surface area contributed by atoms with Crippen molar-refractivity contribution in [1.82, 2.24) is 0 Å². The average Bonchev–Trinajstić information content (AvgIpc) is 0.918. The van der Waals surface area contributed by atoms with Crippen molar-refractivity contribution >= 4 is 15.9 Å². The summed E-state index contributed by atoms with van der Waals surface area (Å²) in [6.45, 7) is 0. The van der Waals surface area contributed by atoms with Gasteiger partial charge in [0.15, 0.2) is 0 Å². The molecule has 26 valence electrons. The molecule has 0 radical (unpaired) electrons. The lowest BCUT2D eigenvalue weighted by molar-refractivity contribution is 0.448. The lowest BCUT2D eigenvalue weighted by Crippen LogP contribution is -1.75. The minimum atomic E-state index is -1.58. The maximum absolute atomic E-state index is 7.26. The van der Waals surface area contributed by atoms with E-state index in [0.717, 1.165) is 0 Å². The van der Waals surface area contributed by atoms with Crippen molar-refractivity contribution in [2.24, 2.45) is 0 Å². The van der Waals surface area contributed by atoms with Gasteiger partial charge in [-0.3, -0.25) is 0 Å². The van der Waals surface area contributed by atoms with E-state index in [1.54, 1.807) is 0 Å². The standard InChI is InChI=1S/Al.3H2O.H/h;3*1H2;/q+2;;;;/p-2. The zero-order chi connectivity index (χ0) is 2.71. The van der Waals surface area contributed by atoms with Crippen molar-refractivity contribution < 1.29 is 13.8 Å². The number of hydrogen-bond donors (Lipinski definition) is 2. The number of rotatable bonds is 0. The first-order valence-electron chi connectivity index (χ1n) is 0.632. The molecule has 4 heteroatoms. The second-order valence-corrected chi connectivity index (χ2v) is 0.424. The Morgan fingerprint density at radius 2 is 1.25 bits per heavy atom. The molecule has 3 nitrogen and oxygen atoms in total. The van der Waals surface area contributed by atoms with Gasteiger partial charge in [-0.25, -0.2) is 0 Å². The van der Waals surface area contributed by atoms with Gasteiger partial charge in [0.1, 0.15) is 0 Å². The van der Waals surface area contributed by atoms with Crippen LogP contribution in [0.25, 0.3) is 0 Å². The van der Waals surface area contributed by atoms with Crippen LogP contribution >= 0.6 is 0 Å². The van der Waals surface area contributed by atoms with Crippen LogP contribution < -0.4 is 0 Å². The van der Waals surface area contributed by atoms with Gasteiger partial charge in [-0.05, 0) is 0 Å². The Balaban J connectivity index is 0. The first-order valence-corrected chi connectivity index (χ1v) is 1.90. The van der Waals surface area contributed by atoms with E-state index in [9.17, 15) is 0 Å². The van der Waals surface area contributed by atoms with Crippen LogP contribution in [-0.4, -0.2) is 29.7 Å². The molecular weight excluding hydrogens is 75.0 g/mol. The highest BCUT2D eigenvalue weighted by Gasteiger charge is 1.60. The summed E-state index contributed by atoms with van der Waals surface area (Å²) in [5.41, 5.74) is 0. The Morgan fingerprint density at radius 3 is 1.25 bits per heavy atom. The maximum Gasteiger partial charge on any atom is 0.644 e. The zero-order valence-electron chi connectivity index (χ0n) is 2.10. The van der Waals surface area contributed by atoms with E-state index in [0.29, 0.717) is 0 Å². The smallest absolute Gasteiger partial charge is 0.496 e. The molecule has 0 amide bonds. The van der Waals surface area contributed by atoms with Crippen LogP contribution in [0, 0.1) is 0 Å². The fraction of sp³-hybridized carbons (Fsp3) is 0. The Hall–Kier alpha value is 0.412. The van der Waals surface area contributed by atoms with Gasteiger partial charge in [0.05, 0.1) is 0 Å². The van der Waals surface area contributed by atoms with E-state index in [4.69, 9.17) is 8.32 Å². The molecular formula is H5AlO3. The number of hydrogen-bond acceptors (Lipinski definition) is 2. The molecule has 4 N–H and O–H groups in total. The van der Waals surface area contributed by atoms with Gasteiger partial charge in [-0.15, -0.1) is 0 Å². The van der Waals surface area contributed by atoms with Crippen molar-refractivity contribution in [3.63, 3.8) is 0 Å². The molecule has 0 saturated carbocycles. The lowest BCUT2D eigenvalue weighted by Gasteiger charge is -1.45. The Kier molecular flexibility index (Phi) is 22.0. The molecule has 0 rings (SSSR count). The van der Waals surface area contributed by atoms with Gasteiger partial charge in [0, 0.05) is 0 Å². The van der Waals surface area contributed by atoms with E-state index in [1.807, 2.05) is 0 Å². The average molecular weight is 80.0 g/mol. The van der Waals surface area contributed by atoms with Crippen LogP contribution in [0.5, 0.6) is 0 Å². The topological polar surface area (TPSA) is 72.0 Å². The van der Waals surface area contributed by atoms with Crippen LogP contribution in [0.2, 0.25) is 0 Å². The van der Waals surface area contributed by atoms with Crippen LogP contribution in [-0.2, 0) is 0 Å². The summed E-state index contributed by atoms with van der Waals surface area (Å²) in [4.78, 5) is 0. The van der Waals surface area contributed by atoms with Crippen molar-refractivity contribution in [2.75, 3.05) is 0 Å². The molecule has 0 saturated heterocycles. The molecule has 0 fully saturated rings. The molecule has 0 aromatic rings. The van der Waals surface area contributed by atoms with E-state index in [2.05, 4.69) is 0 Å². The zero-order valence-corrected chi connectivity index (χ0v) is 3.52. The molecule has 0 heterocycles. The van der Waals surface area contributed by atoms with Gasteiger partial charge < -0.3 is 13.8 Å². The molecule has 0 atom stereocenters. The second kappa shape index (κ2) is 9.95. The second-order valence-electron chi connectivity index (χ2n) is 0.141. The van der Waals surface area contributed by atoms with Gasteiger partial charge in [-0.2, -0.15) is 0 Å². The highest BCUT2D eigenvalue weighted by Crippen LogP contribution is 1.08.